The van der Waals surface area contributed by atoms with Crippen LogP contribution in [-0.4, -0.2) is 15.5 Å². The molecule has 1 saturated carbocycles. The number of nitrogens with one attached hydrogen (secondary N) is 1. The van der Waals surface area contributed by atoms with Gasteiger partial charge in [-0.1, -0.05) is 26.8 Å². The Morgan fingerprint density at radius 1 is 1.36 bits per heavy atom. The Hall–Kier alpha value is -1.84. The van der Waals surface area contributed by atoms with E-state index < -0.39 is 0 Å². The van der Waals surface area contributed by atoms with Crippen molar-refractivity contribution in [3.63, 3.8) is 0 Å². The summed E-state index contributed by atoms with van der Waals surface area (Å²) >= 11 is 0. The summed E-state index contributed by atoms with van der Waals surface area (Å²) in [7, 11) is 0. The highest BCUT2D eigenvalue weighted by Crippen LogP contribution is 2.37. The zero-order valence-corrected chi connectivity index (χ0v) is 13.9. The molecule has 0 unspecified atom stereocenters. The molecule has 1 aromatic heterocycles. The molecular formula is C18H25N3O. The largest absolute Gasteiger partial charge is 0.307 e. The van der Waals surface area contributed by atoms with Gasteiger partial charge in [0.15, 0.2) is 0 Å². The molecule has 1 N–H and O–H groups in total. The van der Waals surface area contributed by atoms with E-state index in [4.69, 9.17) is 0 Å². The van der Waals surface area contributed by atoms with Crippen LogP contribution >= 0.6 is 0 Å². The number of fused-ring (bicyclic) bond motifs is 1. The molecular weight excluding hydrogens is 274 g/mol. The van der Waals surface area contributed by atoms with Gasteiger partial charge in [-0.2, -0.15) is 0 Å². The lowest BCUT2D eigenvalue weighted by Gasteiger charge is -2.29. The van der Waals surface area contributed by atoms with Gasteiger partial charge >= 0.3 is 0 Å². The van der Waals surface area contributed by atoms with Crippen molar-refractivity contribution in [2.75, 3.05) is 5.32 Å². The summed E-state index contributed by atoms with van der Waals surface area (Å²) in [5, 5.41) is 3.04. The van der Waals surface area contributed by atoms with Gasteiger partial charge in [0, 0.05) is 12.5 Å². The standard InChI is InChI=1S/C18H25N3O/c1-12-8-9-14-15(10-12)21(13-6-5-7-13)17(19-14)20-16(22)11-18(2,3)4/h8-10,13H,5-7,11H2,1-4H3,(H,19,20,22). The van der Waals surface area contributed by atoms with Crippen LogP contribution in [-0.2, 0) is 4.79 Å². The minimum atomic E-state index is -0.0199. The summed E-state index contributed by atoms with van der Waals surface area (Å²) in [5.41, 5.74) is 3.30. The smallest absolute Gasteiger partial charge is 0.227 e. The first-order valence-electron chi connectivity index (χ1n) is 8.12. The fraction of sp³-hybridized carbons (Fsp3) is 0.556. The fourth-order valence-electron chi connectivity index (χ4n) is 2.96. The molecule has 1 aromatic carbocycles. The number of aryl methyl sites for hydroxylation is 1. The SMILES string of the molecule is Cc1ccc2nc(NC(=O)CC(C)(C)C)n(C3CCC3)c2c1. The minimum Gasteiger partial charge on any atom is -0.307 e. The number of carbonyl (C=O) groups is 1. The van der Waals surface area contributed by atoms with Gasteiger partial charge in [-0.15, -0.1) is 0 Å². The minimum absolute atomic E-state index is 0.0199. The number of rotatable bonds is 3. The number of amides is 1. The van der Waals surface area contributed by atoms with Crippen LogP contribution in [0, 0.1) is 12.3 Å². The Bertz CT molecular complexity index is 705. The van der Waals surface area contributed by atoms with Gasteiger partial charge in [-0.3, -0.25) is 10.1 Å². The first-order chi connectivity index (χ1) is 10.3. The van der Waals surface area contributed by atoms with E-state index in [9.17, 15) is 4.79 Å². The summed E-state index contributed by atoms with van der Waals surface area (Å²) < 4.78 is 2.23. The average Bonchev–Trinajstić information content (AvgIpc) is 2.63. The molecule has 22 heavy (non-hydrogen) atoms. The molecule has 0 radical (unpaired) electrons. The van der Waals surface area contributed by atoms with Crippen LogP contribution in [0.2, 0.25) is 0 Å². The van der Waals surface area contributed by atoms with E-state index in [1.807, 2.05) is 6.07 Å². The molecule has 1 aliphatic carbocycles. The van der Waals surface area contributed by atoms with Crippen LogP contribution in [0.5, 0.6) is 0 Å². The summed E-state index contributed by atoms with van der Waals surface area (Å²) in [6, 6.07) is 6.75. The lowest BCUT2D eigenvalue weighted by atomic mass is 9.92. The highest BCUT2D eigenvalue weighted by Gasteiger charge is 2.26. The Kier molecular flexibility index (Phi) is 3.71. The van der Waals surface area contributed by atoms with Gasteiger partial charge in [0.1, 0.15) is 0 Å². The van der Waals surface area contributed by atoms with Crippen molar-refractivity contribution >= 4 is 22.9 Å². The summed E-state index contributed by atoms with van der Waals surface area (Å²) in [6.45, 7) is 8.32. The maximum absolute atomic E-state index is 12.3. The number of imidazole rings is 1. The fourth-order valence-corrected chi connectivity index (χ4v) is 2.96. The monoisotopic (exact) mass is 299 g/mol. The van der Waals surface area contributed by atoms with Crippen LogP contribution < -0.4 is 5.32 Å². The Morgan fingerprint density at radius 3 is 2.68 bits per heavy atom. The normalized spacial score (nSPS) is 15.8. The first kappa shape index (κ1) is 15.1. The summed E-state index contributed by atoms with van der Waals surface area (Å²) in [5.74, 6) is 0.750. The Morgan fingerprint density at radius 2 is 2.09 bits per heavy atom. The third kappa shape index (κ3) is 3.01. The second-order valence-electron chi connectivity index (χ2n) is 7.67. The highest BCUT2D eigenvalue weighted by molar-refractivity contribution is 5.92. The lowest BCUT2D eigenvalue weighted by molar-refractivity contribution is -0.117. The van der Waals surface area contributed by atoms with Gasteiger partial charge in [-0.25, -0.2) is 4.98 Å². The number of hydrogen-bond donors (Lipinski definition) is 1. The van der Waals surface area contributed by atoms with Crippen LogP contribution in [0.3, 0.4) is 0 Å². The molecule has 2 aromatic rings. The van der Waals surface area contributed by atoms with Crippen molar-refractivity contribution in [1.82, 2.24) is 9.55 Å². The number of aromatic nitrogens is 2. The molecule has 4 heteroatoms. The van der Waals surface area contributed by atoms with E-state index in [0.29, 0.717) is 18.4 Å². The second kappa shape index (κ2) is 5.41. The third-order valence-corrected chi connectivity index (χ3v) is 4.23. The van der Waals surface area contributed by atoms with Crippen molar-refractivity contribution in [2.24, 2.45) is 5.41 Å². The Labute approximate surface area is 131 Å². The number of benzene rings is 1. The van der Waals surface area contributed by atoms with Crippen molar-refractivity contribution in [2.45, 2.75) is 59.4 Å². The second-order valence-corrected chi connectivity index (χ2v) is 7.67. The quantitative estimate of drug-likeness (QED) is 0.910. The molecule has 1 heterocycles. The van der Waals surface area contributed by atoms with Crippen molar-refractivity contribution in [3.8, 4) is 0 Å². The van der Waals surface area contributed by atoms with Crippen molar-refractivity contribution in [1.29, 1.82) is 0 Å². The van der Waals surface area contributed by atoms with Crippen LogP contribution in [0.15, 0.2) is 18.2 Å². The van der Waals surface area contributed by atoms with Crippen LogP contribution in [0.25, 0.3) is 11.0 Å². The Balaban J connectivity index is 1.96. The molecule has 1 aliphatic rings. The van der Waals surface area contributed by atoms with Gasteiger partial charge in [-0.05, 0) is 49.3 Å². The zero-order valence-electron chi connectivity index (χ0n) is 13.9. The van der Waals surface area contributed by atoms with E-state index in [0.717, 1.165) is 11.0 Å². The van der Waals surface area contributed by atoms with E-state index in [1.54, 1.807) is 0 Å². The van der Waals surface area contributed by atoms with E-state index in [2.05, 4.69) is 54.7 Å². The number of carbonyl (C=O) groups excluding carboxylic acids is 1. The predicted molar refractivity (Wildman–Crippen MR) is 90.1 cm³/mol. The third-order valence-electron chi connectivity index (χ3n) is 4.23. The van der Waals surface area contributed by atoms with Crippen molar-refractivity contribution < 1.29 is 4.79 Å². The average molecular weight is 299 g/mol. The highest BCUT2D eigenvalue weighted by atomic mass is 16.1. The van der Waals surface area contributed by atoms with Gasteiger partial charge < -0.3 is 4.57 Å². The molecule has 0 bridgehead atoms. The number of hydrogen-bond acceptors (Lipinski definition) is 2. The van der Waals surface area contributed by atoms with E-state index >= 15 is 0 Å². The lowest BCUT2D eigenvalue weighted by Crippen LogP contribution is -2.24. The molecule has 0 aliphatic heterocycles. The molecule has 1 fully saturated rings. The number of anilines is 1. The molecule has 0 saturated heterocycles. The summed E-state index contributed by atoms with van der Waals surface area (Å²) in [4.78, 5) is 16.9. The molecule has 4 nitrogen and oxygen atoms in total. The van der Waals surface area contributed by atoms with Crippen molar-refractivity contribution in [3.05, 3.63) is 23.8 Å². The van der Waals surface area contributed by atoms with E-state index in [-0.39, 0.29) is 11.3 Å². The van der Waals surface area contributed by atoms with Gasteiger partial charge in [0.25, 0.3) is 0 Å². The van der Waals surface area contributed by atoms with Gasteiger partial charge in [0.2, 0.25) is 11.9 Å². The van der Waals surface area contributed by atoms with Crippen LogP contribution in [0.4, 0.5) is 5.95 Å². The first-order valence-corrected chi connectivity index (χ1v) is 8.12. The van der Waals surface area contributed by atoms with E-state index in [1.165, 1.54) is 24.8 Å². The van der Waals surface area contributed by atoms with Gasteiger partial charge in [0.05, 0.1) is 11.0 Å². The molecule has 1 amide bonds. The zero-order chi connectivity index (χ0) is 15.9. The molecule has 3 rings (SSSR count). The maximum atomic E-state index is 12.3. The molecule has 0 spiro atoms. The molecule has 0 atom stereocenters. The predicted octanol–water partition coefficient (Wildman–Crippen LogP) is 4.44. The van der Waals surface area contributed by atoms with Crippen LogP contribution in [0.1, 0.15) is 58.1 Å². The maximum Gasteiger partial charge on any atom is 0.227 e. The number of nitrogens with zero attached hydrogens (tertiary/aromatic N) is 2. The summed E-state index contributed by atoms with van der Waals surface area (Å²) in [6.07, 6.45) is 4.09. The topological polar surface area (TPSA) is 46.9 Å². The molecule has 118 valence electrons.